The number of nitrogens with zero attached hydrogens (tertiary/aromatic N) is 3. The predicted octanol–water partition coefficient (Wildman–Crippen LogP) is 2.26. The van der Waals surface area contributed by atoms with Crippen LogP contribution in [0.4, 0.5) is 11.8 Å². The molecule has 29 heavy (non-hydrogen) atoms. The lowest BCUT2D eigenvalue weighted by molar-refractivity contribution is 0.0742. The molecule has 0 fully saturated rings. The van der Waals surface area contributed by atoms with E-state index < -0.39 is 6.10 Å². The number of anilines is 2. The molecule has 0 amide bonds. The Morgan fingerprint density at radius 3 is 2.52 bits per heavy atom. The Hall–Kier alpha value is -2.89. The molecule has 158 valence electrons. The van der Waals surface area contributed by atoms with Crippen molar-refractivity contribution in [3.8, 4) is 29.4 Å². The van der Waals surface area contributed by atoms with Crippen molar-refractivity contribution < 1.29 is 14.9 Å². The number of aliphatic hydroxyl groups excluding tert-OH is 2. The van der Waals surface area contributed by atoms with Crippen LogP contribution in [-0.4, -0.2) is 51.0 Å². The summed E-state index contributed by atoms with van der Waals surface area (Å²) >= 11 is 0. The maximum absolute atomic E-state index is 10.2. The Morgan fingerprint density at radius 1 is 1.31 bits per heavy atom. The highest BCUT2D eigenvalue weighted by Crippen LogP contribution is 2.30. The van der Waals surface area contributed by atoms with Gasteiger partial charge in [-0.25, -0.2) is 9.97 Å². The van der Waals surface area contributed by atoms with Gasteiger partial charge in [-0.3, -0.25) is 0 Å². The standard InChI is InChI=1S/C18H27N5O3.C3H4/c1-4-12(10-24)14(25)9-21-17-16(11(3)22-18(19)23-17)13-6-7-15(20-8-13)26-5-2;1-3-2/h6-8,12,14,24-25H,4-5,9-10H2,1-3H3,(H3,19,21,22,23);1H,2H3. The monoisotopic (exact) mass is 401 g/mol. The van der Waals surface area contributed by atoms with E-state index in [1.165, 1.54) is 0 Å². The zero-order valence-electron chi connectivity index (χ0n) is 17.5. The molecule has 0 aliphatic carbocycles. The normalized spacial score (nSPS) is 12.2. The minimum atomic E-state index is -0.701. The number of terminal acetylenes is 1. The van der Waals surface area contributed by atoms with Crippen LogP contribution in [0.5, 0.6) is 5.88 Å². The molecule has 2 rings (SSSR count). The van der Waals surface area contributed by atoms with Crippen molar-refractivity contribution in [2.75, 3.05) is 30.8 Å². The SMILES string of the molecule is C#CC.CCOc1ccc(-c2c(C)nc(N)nc2NCC(O)C(CC)CO)cn1. The minimum Gasteiger partial charge on any atom is -0.478 e. The van der Waals surface area contributed by atoms with Crippen LogP contribution in [0, 0.1) is 25.2 Å². The van der Waals surface area contributed by atoms with Crippen molar-refractivity contribution in [2.45, 2.75) is 40.2 Å². The number of nitrogens with one attached hydrogen (secondary N) is 1. The number of aromatic nitrogens is 3. The van der Waals surface area contributed by atoms with Gasteiger partial charge in [0.25, 0.3) is 0 Å². The molecule has 0 aliphatic heterocycles. The van der Waals surface area contributed by atoms with Crippen molar-refractivity contribution in [3.63, 3.8) is 0 Å². The molecular formula is C21H31N5O3. The third-order valence-electron chi connectivity index (χ3n) is 4.21. The van der Waals surface area contributed by atoms with Crippen LogP contribution in [0.2, 0.25) is 0 Å². The maximum atomic E-state index is 10.2. The Balaban J connectivity index is 0.00000132. The average Bonchev–Trinajstić information content (AvgIpc) is 2.69. The fraction of sp³-hybridized carbons (Fsp3) is 0.476. The summed E-state index contributed by atoms with van der Waals surface area (Å²) in [5.41, 5.74) is 8.07. The van der Waals surface area contributed by atoms with Crippen LogP contribution < -0.4 is 15.8 Å². The number of hydrogen-bond donors (Lipinski definition) is 4. The minimum absolute atomic E-state index is 0.0695. The van der Waals surface area contributed by atoms with Crippen LogP contribution in [0.15, 0.2) is 18.3 Å². The quantitative estimate of drug-likeness (QED) is 0.471. The second-order valence-corrected chi connectivity index (χ2v) is 6.30. The summed E-state index contributed by atoms with van der Waals surface area (Å²) in [7, 11) is 0. The predicted molar refractivity (Wildman–Crippen MR) is 115 cm³/mol. The van der Waals surface area contributed by atoms with E-state index in [2.05, 4.69) is 32.6 Å². The average molecular weight is 402 g/mol. The number of pyridine rings is 1. The number of aryl methyl sites for hydroxylation is 1. The molecule has 8 heteroatoms. The molecule has 2 aromatic rings. The van der Waals surface area contributed by atoms with E-state index in [4.69, 9.17) is 10.5 Å². The van der Waals surface area contributed by atoms with Crippen LogP contribution in [-0.2, 0) is 0 Å². The first kappa shape index (κ1) is 24.1. The fourth-order valence-corrected chi connectivity index (χ4v) is 2.72. The second kappa shape index (κ2) is 12.5. The number of hydrogen-bond acceptors (Lipinski definition) is 8. The van der Waals surface area contributed by atoms with Gasteiger partial charge in [-0.15, -0.1) is 12.3 Å². The summed E-state index contributed by atoms with van der Waals surface area (Å²) in [4.78, 5) is 12.8. The van der Waals surface area contributed by atoms with Gasteiger partial charge < -0.3 is 26.0 Å². The molecule has 2 aromatic heterocycles. The van der Waals surface area contributed by atoms with Crippen LogP contribution >= 0.6 is 0 Å². The number of nitrogens with two attached hydrogens (primary N) is 1. The van der Waals surface area contributed by atoms with E-state index in [0.29, 0.717) is 30.4 Å². The van der Waals surface area contributed by atoms with Crippen LogP contribution in [0.1, 0.15) is 32.9 Å². The number of aliphatic hydroxyl groups is 2. The molecule has 0 aromatic carbocycles. The van der Waals surface area contributed by atoms with Gasteiger partial charge in [-0.1, -0.05) is 6.92 Å². The molecule has 2 atom stereocenters. The summed E-state index contributed by atoms with van der Waals surface area (Å²) in [6, 6.07) is 3.66. The number of rotatable bonds is 9. The fourth-order valence-electron chi connectivity index (χ4n) is 2.72. The molecule has 2 heterocycles. The second-order valence-electron chi connectivity index (χ2n) is 6.30. The van der Waals surface area contributed by atoms with Crippen molar-refractivity contribution in [3.05, 3.63) is 24.0 Å². The molecule has 0 bridgehead atoms. The third kappa shape index (κ3) is 7.22. The molecule has 0 saturated carbocycles. The van der Waals surface area contributed by atoms with Gasteiger partial charge in [-0.2, -0.15) is 4.98 Å². The van der Waals surface area contributed by atoms with E-state index in [9.17, 15) is 10.2 Å². The Labute approximate surface area is 172 Å². The summed E-state index contributed by atoms with van der Waals surface area (Å²) in [6.45, 7) is 8.04. The first-order chi connectivity index (χ1) is 13.9. The third-order valence-corrected chi connectivity index (χ3v) is 4.21. The Bertz CT molecular complexity index is 786. The van der Waals surface area contributed by atoms with Crippen molar-refractivity contribution in [1.29, 1.82) is 0 Å². The lowest BCUT2D eigenvalue weighted by atomic mass is 10.0. The Morgan fingerprint density at radius 2 is 2.00 bits per heavy atom. The van der Waals surface area contributed by atoms with Gasteiger partial charge in [0, 0.05) is 42.5 Å². The van der Waals surface area contributed by atoms with Gasteiger partial charge in [0.1, 0.15) is 5.82 Å². The van der Waals surface area contributed by atoms with Crippen LogP contribution in [0.25, 0.3) is 11.1 Å². The molecule has 8 nitrogen and oxygen atoms in total. The highest BCUT2D eigenvalue weighted by Gasteiger charge is 2.19. The molecule has 5 N–H and O–H groups in total. The topological polar surface area (TPSA) is 126 Å². The van der Waals surface area contributed by atoms with Crippen molar-refractivity contribution in [2.24, 2.45) is 5.92 Å². The first-order valence-electron chi connectivity index (χ1n) is 9.55. The lowest BCUT2D eigenvalue weighted by Gasteiger charge is -2.21. The highest BCUT2D eigenvalue weighted by molar-refractivity contribution is 5.77. The molecule has 0 spiro atoms. The van der Waals surface area contributed by atoms with E-state index in [1.54, 1.807) is 19.2 Å². The van der Waals surface area contributed by atoms with Crippen molar-refractivity contribution >= 4 is 11.8 Å². The van der Waals surface area contributed by atoms with Crippen LogP contribution in [0.3, 0.4) is 0 Å². The summed E-state index contributed by atoms with van der Waals surface area (Å²) in [6.07, 6.45) is 6.27. The van der Waals surface area contributed by atoms with Gasteiger partial charge >= 0.3 is 0 Å². The lowest BCUT2D eigenvalue weighted by Crippen LogP contribution is -2.30. The largest absolute Gasteiger partial charge is 0.478 e. The van der Waals surface area contributed by atoms with E-state index >= 15 is 0 Å². The molecule has 0 radical (unpaired) electrons. The van der Waals surface area contributed by atoms with Gasteiger partial charge in [0.05, 0.1) is 18.4 Å². The summed E-state index contributed by atoms with van der Waals surface area (Å²) < 4.78 is 5.37. The molecule has 0 aliphatic rings. The van der Waals surface area contributed by atoms with E-state index in [1.807, 2.05) is 26.8 Å². The number of ether oxygens (including phenoxy) is 1. The number of nitrogen functional groups attached to an aromatic ring is 1. The van der Waals surface area contributed by atoms with Gasteiger partial charge in [-0.05, 0) is 33.3 Å². The molecular weight excluding hydrogens is 370 g/mol. The highest BCUT2D eigenvalue weighted by atomic mass is 16.5. The van der Waals surface area contributed by atoms with E-state index in [-0.39, 0.29) is 25.0 Å². The van der Waals surface area contributed by atoms with Crippen molar-refractivity contribution in [1.82, 2.24) is 15.0 Å². The zero-order valence-corrected chi connectivity index (χ0v) is 17.5. The van der Waals surface area contributed by atoms with E-state index in [0.717, 1.165) is 11.1 Å². The molecule has 0 saturated heterocycles. The maximum Gasteiger partial charge on any atom is 0.222 e. The van der Waals surface area contributed by atoms with Gasteiger partial charge in [0.15, 0.2) is 0 Å². The molecule has 2 unspecified atom stereocenters. The van der Waals surface area contributed by atoms with Gasteiger partial charge in [0.2, 0.25) is 11.8 Å². The smallest absolute Gasteiger partial charge is 0.222 e. The summed E-state index contributed by atoms with van der Waals surface area (Å²) in [5, 5.41) is 22.7. The Kier molecular flexibility index (Phi) is 10.4. The first-order valence-corrected chi connectivity index (χ1v) is 9.55. The zero-order chi connectivity index (χ0) is 21.8. The summed E-state index contributed by atoms with van der Waals surface area (Å²) in [5.74, 6) is 3.27.